The first kappa shape index (κ1) is 26.3. The lowest BCUT2D eigenvalue weighted by Crippen LogP contribution is -2.42. The van der Waals surface area contributed by atoms with E-state index in [4.69, 9.17) is 14.9 Å². The van der Waals surface area contributed by atoms with E-state index in [1.165, 1.54) is 6.08 Å². The smallest absolute Gasteiger partial charge is 0.328 e. The van der Waals surface area contributed by atoms with Crippen LogP contribution in [0.25, 0.3) is 0 Å². The quantitative estimate of drug-likeness (QED) is 0.217. The number of methoxy groups -OCH3 is 1. The van der Waals surface area contributed by atoms with Gasteiger partial charge in [-0.2, -0.15) is 0 Å². The van der Waals surface area contributed by atoms with Gasteiger partial charge in [-0.1, -0.05) is 57.2 Å². The molecule has 0 rings (SSSR count). The Labute approximate surface area is 168 Å². The van der Waals surface area contributed by atoms with Crippen LogP contribution in [-0.2, 0) is 9.53 Å². The average molecular weight is 397 g/mol. The molecule has 0 fully saturated rings. The van der Waals surface area contributed by atoms with E-state index in [1.807, 2.05) is 26.0 Å². The molecule has 0 spiro atoms. The zero-order chi connectivity index (χ0) is 21.7. The zero-order valence-electron chi connectivity index (χ0n) is 17.5. The van der Waals surface area contributed by atoms with E-state index < -0.39 is 18.2 Å². The van der Waals surface area contributed by atoms with Crippen LogP contribution in [0.15, 0.2) is 48.1 Å². The Morgan fingerprint density at radius 3 is 2.18 bits per heavy atom. The molecule has 28 heavy (non-hydrogen) atoms. The summed E-state index contributed by atoms with van der Waals surface area (Å²) in [6.07, 6.45) is 9.99. The summed E-state index contributed by atoms with van der Waals surface area (Å²) in [5.74, 6) is -1.62. The van der Waals surface area contributed by atoms with E-state index in [-0.39, 0.29) is 30.5 Å². The Balaban J connectivity index is 4.98. The van der Waals surface area contributed by atoms with Gasteiger partial charge in [-0.25, -0.2) is 4.79 Å². The topological polar surface area (TPSA) is 107 Å². The number of ether oxygens (including phenoxy) is 1. The van der Waals surface area contributed by atoms with E-state index >= 15 is 0 Å². The summed E-state index contributed by atoms with van der Waals surface area (Å²) in [6, 6.07) is 0. The summed E-state index contributed by atoms with van der Waals surface area (Å²) in [4.78, 5) is 10.4. The van der Waals surface area contributed by atoms with Crippen LogP contribution in [0.4, 0.5) is 0 Å². The van der Waals surface area contributed by atoms with E-state index in [9.17, 15) is 15.0 Å². The maximum absolute atomic E-state index is 10.8. The van der Waals surface area contributed by atoms with Crippen molar-refractivity contribution in [3.63, 3.8) is 0 Å². The van der Waals surface area contributed by atoms with Crippen molar-refractivity contribution in [1.29, 1.82) is 0 Å². The maximum Gasteiger partial charge on any atom is 0.328 e. The molecule has 0 aliphatic carbocycles. The largest absolute Gasteiger partial charge is 0.478 e. The lowest BCUT2D eigenvalue weighted by atomic mass is 9.80. The highest BCUT2D eigenvalue weighted by molar-refractivity contribution is 5.80. The van der Waals surface area contributed by atoms with Gasteiger partial charge in [0.1, 0.15) is 0 Å². The summed E-state index contributed by atoms with van der Waals surface area (Å²) in [5, 5.41) is 38.7. The first-order chi connectivity index (χ1) is 13.2. The van der Waals surface area contributed by atoms with Crippen molar-refractivity contribution >= 4 is 5.97 Å². The van der Waals surface area contributed by atoms with Gasteiger partial charge >= 0.3 is 5.97 Å². The first-order valence-electron chi connectivity index (χ1n) is 9.58. The molecule has 0 aromatic heterocycles. The van der Waals surface area contributed by atoms with Crippen molar-refractivity contribution in [3.05, 3.63) is 48.1 Å². The molecule has 0 amide bonds. The minimum atomic E-state index is -0.998. The standard InChI is InChI=1S/C22H36O6/c1-15(12-10-14-23)20(26)17(3)21(27)18(4)22(28-5)16(2)11-8-6-7-9-13-19(24)25/h6-9,11-13,16-18,20-23,26-27H,10,14H2,1-5H3,(H,24,25)/b7-6+,11-8+,13-9+,15-12+/t16-,17+,18-,20-,21-,22-/m0/s1. The second-order valence-corrected chi connectivity index (χ2v) is 7.14. The van der Waals surface area contributed by atoms with E-state index in [0.717, 1.165) is 11.6 Å². The summed E-state index contributed by atoms with van der Waals surface area (Å²) < 4.78 is 5.60. The van der Waals surface area contributed by atoms with E-state index in [1.54, 1.807) is 39.2 Å². The van der Waals surface area contributed by atoms with Crippen LogP contribution in [0.3, 0.4) is 0 Å². The minimum Gasteiger partial charge on any atom is -0.478 e. The monoisotopic (exact) mass is 396 g/mol. The molecule has 0 aliphatic heterocycles. The normalized spacial score (nSPS) is 19.8. The van der Waals surface area contributed by atoms with Crippen LogP contribution in [0.5, 0.6) is 0 Å². The molecule has 0 aromatic carbocycles. The molecule has 0 aliphatic rings. The number of carbonyl (C=O) groups is 1. The summed E-state index contributed by atoms with van der Waals surface area (Å²) in [7, 11) is 1.59. The summed E-state index contributed by atoms with van der Waals surface area (Å²) in [6.45, 7) is 7.48. The van der Waals surface area contributed by atoms with Crippen molar-refractivity contribution in [2.75, 3.05) is 13.7 Å². The summed E-state index contributed by atoms with van der Waals surface area (Å²) >= 11 is 0. The SMILES string of the molecule is CO[C@H]([C@@H](C)[C@@H](O)[C@H](C)[C@@H](O)/C(C)=C/CCO)[C@@H](C)/C=C/C=C/C=C/C(=O)O. The molecule has 6 nitrogen and oxygen atoms in total. The van der Waals surface area contributed by atoms with Gasteiger partial charge in [0.05, 0.1) is 18.3 Å². The lowest BCUT2D eigenvalue weighted by molar-refractivity contribution is -0.131. The maximum atomic E-state index is 10.8. The van der Waals surface area contributed by atoms with Crippen LogP contribution in [0, 0.1) is 17.8 Å². The lowest BCUT2D eigenvalue weighted by Gasteiger charge is -2.35. The van der Waals surface area contributed by atoms with Crippen LogP contribution in [-0.4, -0.2) is 58.4 Å². The molecular formula is C22H36O6. The number of rotatable bonds is 13. The Morgan fingerprint density at radius 1 is 1.04 bits per heavy atom. The van der Waals surface area contributed by atoms with Crippen molar-refractivity contribution < 1.29 is 30.0 Å². The third kappa shape index (κ3) is 9.46. The second kappa shape index (κ2) is 14.3. The van der Waals surface area contributed by atoms with Gasteiger partial charge in [0, 0.05) is 37.5 Å². The highest BCUT2D eigenvalue weighted by Crippen LogP contribution is 2.27. The molecule has 0 saturated heterocycles. The molecule has 160 valence electrons. The number of aliphatic hydroxyl groups is 3. The summed E-state index contributed by atoms with van der Waals surface area (Å²) in [5.41, 5.74) is 0.731. The number of carboxylic acid groups (broad SMARTS) is 1. The molecule has 6 heteroatoms. The van der Waals surface area contributed by atoms with Gasteiger partial charge in [-0.15, -0.1) is 0 Å². The van der Waals surface area contributed by atoms with Crippen molar-refractivity contribution in [3.8, 4) is 0 Å². The Bertz CT molecular complexity index is 563. The molecule has 0 bridgehead atoms. The molecule has 0 heterocycles. The van der Waals surface area contributed by atoms with Gasteiger partial charge in [0.2, 0.25) is 0 Å². The van der Waals surface area contributed by atoms with Gasteiger partial charge < -0.3 is 25.2 Å². The number of hydrogen-bond acceptors (Lipinski definition) is 5. The van der Waals surface area contributed by atoms with Crippen molar-refractivity contribution in [2.45, 2.75) is 52.4 Å². The highest BCUT2D eigenvalue weighted by atomic mass is 16.5. The molecule has 0 unspecified atom stereocenters. The van der Waals surface area contributed by atoms with Crippen LogP contribution in [0.2, 0.25) is 0 Å². The number of allylic oxidation sites excluding steroid dienone is 4. The van der Waals surface area contributed by atoms with E-state index in [2.05, 4.69) is 0 Å². The number of carboxylic acids is 1. The Hall–Kier alpha value is -1.73. The van der Waals surface area contributed by atoms with Crippen molar-refractivity contribution in [1.82, 2.24) is 0 Å². The first-order valence-corrected chi connectivity index (χ1v) is 9.58. The predicted molar refractivity (Wildman–Crippen MR) is 111 cm³/mol. The third-order valence-electron chi connectivity index (χ3n) is 4.93. The molecule has 4 N–H and O–H groups in total. The van der Waals surface area contributed by atoms with Gasteiger partial charge in [-0.3, -0.25) is 0 Å². The van der Waals surface area contributed by atoms with E-state index in [0.29, 0.717) is 6.42 Å². The predicted octanol–water partition coefficient (Wildman–Crippen LogP) is 2.71. The fourth-order valence-electron chi connectivity index (χ4n) is 3.21. The molecular weight excluding hydrogens is 360 g/mol. The molecule has 0 saturated carbocycles. The molecule has 0 radical (unpaired) electrons. The third-order valence-corrected chi connectivity index (χ3v) is 4.93. The second-order valence-electron chi connectivity index (χ2n) is 7.14. The molecule has 6 atom stereocenters. The number of hydrogen-bond donors (Lipinski definition) is 4. The fourth-order valence-corrected chi connectivity index (χ4v) is 3.21. The van der Waals surface area contributed by atoms with Gasteiger partial charge in [-0.05, 0) is 18.9 Å². The van der Waals surface area contributed by atoms with Gasteiger partial charge in [0.15, 0.2) is 0 Å². The van der Waals surface area contributed by atoms with Crippen LogP contribution < -0.4 is 0 Å². The van der Waals surface area contributed by atoms with Gasteiger partial charge in [0.25, 0.3) is 0 Å². The Morgan fingerprint density at radius 2 is 1.64 bits per heavy atom. The average Bonchev–Trinajstić information content (AvgIpc) is 2.66. The number of aliphatic hydroxyl groups excluding tert-OH is 3. The molecule has 0 aromatic rings. The fraction of sp³-hybridized carbons (Fsp3) is 0.591. The number of aliphatic carboxylic acids is 1. The highest BCUT2D eigenvalue weighted by Gasteiger charge is 2.34. The Kier molecular flexibility index (Phi) is 13.4. The van der Waals surface area contributed by atoms with Crippen molar-refractivity contribution in [2.24, 2.45) is 17.8 Å². The van der Waals surface area contributed by atoms with Crippen LogP contribution >= 0.6 is 0 Å². The minimum absolute atomic E-state index is 0.00174. The zero-order valence-corrected chi connectivity index (χ0v) is 17.5. The van der Waals surface area contributed by atoms with Crippen LogP contribution in [0.1, 0.15) is 34.1 Å².